The van der Waals surface area contributed by atoms with E-state index in [2.05, 4.69) is 0 Å². The summed E-state index contributed by atoms with van der Waals surface area (Å²) in [7, 11) is 1.79. The number of nitrogens with zero attached hydrogens (tertiary/aromatic N) is 2. The quantitative estimate of drug-likeness (QED) is 0.790. The number of ether oxygens (including phenoxy) is 1. The molecule has 0 bridgehead atoms. The van der Waals surface area contributed by atoms with Gasteiger partial charge in [-0.2, -0.15) is 0 Å². The molecule has 1 aliphatic heterocycles. The lowest BCUT2D eigenvalue weighted by Crippen LogP contribution is -2.55. The molecule has 0 atom stereocenters. The monoisotopic (exact) mass is 342 g/mol. The molecule has 0 unspecified atom stereocenters. The molecule has 2 fully saturated rings. The molecule has 1 saturated heterocycles. The van der Waals surface area contributed by atoms with Gasteiger partial charge in [-0.3, -0.25) is 4.79 Å². The average molecular weight is 342 g/mol. The Kier molecular flexibility index (Phi) is 5.45. The van der Waals surface area contributed by atoms with Crippen molar-refractivity contribution in [2.75, 3.05) is 20.1 Å². The SMILES string of the molecule is CCC1(C(=O)N(C)C2CC(F)C2)CCN(C(=O)OC(C)(C)C)CC1. The summed E-state index contributed by atoms with van der Waals surface area (Å²) in [6.45, 7) is 8.62. The Bertz CT molecular complexity index is 475. The average Bonchev–Trinajstić information content (AvgIpc) is 2.49. The molecule has 2 rings (SSSR count). The molecule has 138 valence electrons. The van der Waals surface area contributed by atoms with Crippen molar-refractivity contribution in [3.63, 3.8) is 0 Å². The summed E-state index contributed by atoms with van der Waals surface area (Å²) < 4.78 is 18.5. The predicted molar refractivity (Wildman–Crippen MR) is 90.5 cm³/mol. The second-order valence-electron chi connectivity index (χ2n) is 8.24. The fraction of sp³-hybridized carbons (Fsp3) is 0.889. The van der Waals surface area contributed by atoms with Gasteiger partial charge in [0.05, 0.1) is 5.41 Å². The summed E-state index contributed by atoms with van der Waals surface area (Å²) in [5, 5.41) is 0. The lowest BCUT2D eigenvalue weighted by molar-refractivity contribution is -0.149. The summed E-state index contributed by atoms with van der Waals surface area (Å²) in [6.07, 6.45) is 1.83. The molecule has 0 radical (unpaired) electrons. The first-order valence-electron chi connectivity index (χ1n) is 8.97. The lowest BCUT2D eigenvalue weighted by Gasteiger charge is -2.46. The van der Waals surface area contributed by atoms with Gasteiger partial charge in [-0.1, -0.05) is 6.92 Å². The van der Waals surface area contributed by atoms with E-state index in [-0.39, 0.29) is 18.0 Å². The molecule has 0 aromatic carbocycles. The van der Waals surface area contributed by atoms with Crippen molar-refractivity contribution in [1.82, 2.24) is 9.80 Å². The minimum absolute atomic E-state index is 0.0276. The van der Waals surface area contributed by atoms with E-state index >= 15 is 0 Å². The Morgan fingerprint density at radius 1 is 1.25 bits per heavy atom. The van der Waals surface area contributed by atoms with Crippen LogP contribution in [0.2, 0.25) is 0 Å². The molecule has 0 N–H and O–H groups in total. The normalized spacial score (nSPS) is 26.5. The van der Waals surface area contributed by atoms with Gasteiger partial charge in [0.15, 0.2) is 0 Å². The smallest absolute Gasteiger partial charge is 0.410 e. The van der Waals surface area contributed by atoms with Crippen molar-refractivity contribution in [1.29, 1.82) is 0 Å². The number of alkyl halides is 1. The van der Waals surface area contributed by atoms with Crippen molar-refractivity contribution in [2.45, 2.75) is 77.6 Å². The van der Waals surface area contributed by atoms with E-state index in [1.807, 2.05) is 27.7 Å². The van der Waals surface area contributed by atoms with E-state index in [1.54, 1.807) is 16.8 Å². The summed E-state index contributed by atoms with van der Waals surface area (Å²) in [5.41, 5.74) is -0.950. The van der Waals surface area contributed by atoms with E-state index in [9.17, 15) is 14.0 Å². The van der Waals surface area contributed by atoms with Crippen molar-refractivity contribution < 1.29 is 18.7 Å². The molecule has 24 heavy (non-hydrogen) atoms. The van der Waals surface area contributed by atoms with E-state index < -0.39 is 17.2 Å². The standard InChI is InChI=1S/C18H31FN2O3/c1-6-18(15(22)20(5)14-11-13(19)12-14)7-9-21(10-8-18)16(23)24-17(2,3)4/h13-14H,6-12H2,1-5H3. The van der Waals surface area contributed by atoms with E-state index in [0.29, 0.717) is 38.8 Å². The zero-order valence-electron chi connectivity index (χ0n) is 15.6. The number of rotatable bonds is 3. The maximum absolute atomic E-state index is 13.1. The first-order valence-corrected chi connectivity index (χ1v) is 8.97. The van der Waals surface area contributed by atoms with Gasteiger partial charge in [0.25, 0.3) is 0 Å². The second kappa shape index (κ2) is 6.89. The molecule has 0 aromatic heterocycles. The maximum atomic E-state index is 13.1. The Hall–Kier alpha value is -1.33. The van der Waals surface area contributed by atoms with E-state index in [1.165, 1.54) is 0 Å². The number of halogens is 1. The second-order valence-corrected chi connectivity index (χ2v) is 8.24. The fourth-order valence-corrected chi connectivity index (χ4v) is 3.54. The van der Waals surface area contributed by atoms with Gasteiger partial charge in [0.1, 0.15) is 11.8 Å². The van der Waals surface area contributed by atoms with Crippen molar-refractivity contribution in [3.8, 4) is 0 Å². The molecular weight excluding hydrogens is 311 g/mol. The van der Waals surface area contributed by atoms with Crippen LogP contribution in [0.3, 0.4) is 0 Å². The van der Waals surface area contributed by atoms with Crippen LogP contribution in [0.15, 0.2) is 0 Å². The van der Waals surface area contributed by atoms with Gasteiger partial charge in [-0.25, -0.2) is 9.18 Å². The van der Waals surface area contributed by atoms with Crippen molar-refractivity contribution >= 4 is 12.0 Å². The highest BCUT2D eigenvalue weighted by Gasteiger charge is 2.45. The third-order valence-corrected chi connectivity index (χ3v) is 5.43. The number of carbonyl (C=O) groups is 2. The van der Waals surface area contributed by atoms with Crippen LogP contribution in [-0.2, 0) is 9.53 Å². The molecule has 1 heterocycles. The molecule has 6 heteroatoms. The number of hydrogen-bond donors (Lipinski definition) is 0. The first kappa shape index (κ1) is 19.0. The first-order chi connectivity index (χ1) is 11.1. The summed E-state index contributed by atoms with van der Waals surface area (Å²) >= 11 is 0. The fourth-order valence-electron chi connectivity index (χ4n) is 3.54. The topological polar surface area (TPSA) is 49.9 Å². The number of piperidine rings is 1. The zero-order valence-corrected chi connectivity index (χ0v) is 15.6. The summed E-state index contributed by atoms with van der Waals surface area (Å²) in [4.78, 5) is 28.6. The molecule has 0 aromatic rings. The molecule has 1 aliphatic carbocycles. The van der Waals surface area contributed by atoms with Crippen LogP contribution in [0.5, 0.6) is 0 Å². The summed E-state index contributed by atoms with van der Waals surface area (Å²) in [5.74, 6) is 0.103. The Morgan fingerprint density at radius 2 is 1.79 bits per heavy atom. The predicted octanol–water partition coefficient (Wildman–Crippen LogP) is 3.37. The van der Waals surface area contributed by atoms with E-state index in [4.69, 9.17) is 4.74 Å². The van der Waals surface area contributed by atoms with Crippen LogP contribution in [0.4, 0.5) is 9.18 Å². The third kappa shape index (κ3) is 4.01. The van der Waals surface area contributed by atoms with Gasteiger partial charge >= 0.3 is 6.09 Å². The van der Waals surface area contributed by atoms with E-state index in [0.717, 1.165) is 6.42 Å². The Balaban J connectivity index is 1.95. The van der Waals surface area contributed by atoms with Gasteiger partial charge in [-0.15, -0.1) is 0 Å². The van der Waals surface area contributed by atoms with Crippen LogP contribution in [-0.4, -0.2) is 59.8 Å². The molecule has 1 saturated carbocycles. The zero-order chi connectivity index (χ0) is 18.1. The van der Waals surface area contributed by atoms with Crippen LogP contribution >= 0.6 is 0 Å². The van der Waals surface area contributed by atoms with Crippen LogP contribution in [0.1, 0.15) is 59.8 Å². The molecular formula is C18H31FN2O3. The number of likely N-dealkylation sites (tertiary alicyclic amines) is 1. The van der Waals surface area contributed by atoms with Crippen LogP contribution in [0, 0.1) is 5.41 Å². The van der Waals surface area contributed by atoms with Gasteiger partial charge in [0.2, 0.25) is 5.91 Å². The summed E-state index contributed by atoms with van der Waals surface area (Å²) in [6, 6.07) is 0.0276. The third-order valence-electron chi connectivity index (χ3n) is 5.43. The highest BCUT2D eigenvalue weighted by molar-refractivity contribution is 5.83. The number of hydrogen-bond acceptors (Lipinski definition) is 3. The number of carbonyl (C=O) groups excluding carboxylic acids is 2. The molecule has 2 amide bonds. The maximum Gasteiger partial charge on any atom is 0.410 e. The van der Waals surface area contributed by atoms with Crippen LogP contribution in [0.25, 0.3) is 0 Å². The highest BCUT2D eigenvalue weighted by atomic mass is 19.1. The molecule has 5 nitrogen and oxygen atoms in total. The van der Waals surface area contributed by atoms with Gasteiger partial charge in [-0.05, 0) is 52.9 Å². The Morgan fingerprint density at radius 3 is 2.21 bits per heavy atom. The Labute approximate surface area is 144 Å². The molecule has 0 spiro atoms. The highest BCUT2D eigenvalue weighted by Crippen LogP contribution is 2.39. The van der Waals surface area contributed by atoms with Crippen molar-refractivity contribution in [3.05, 3.63) is 0 Å². The molecule has 2 aliphatic rings. The van der Waals surface area contributed by atoms with Crippen LogP contribution < -0.4 is 0 Å². The lowest BCUT2D eigenvalue weighted by atomic mass is 9.74. The van der Waals surface area contributed by atoms with Gasteiger partial charge in [0, 0.05) is 26.2 Å². The van der Waals surface area contributed by atoms with Crippen molar-refractivity contribution in [2.24, 2.45) is 5.41 Å². The largest absolute Gasteiger partial charge is 0.444 e. The minimum Gasteiger partial charge on any atom is -0.444 e. The minimum atomic E-state index is -0.767. The number of amides is 2. The van der Waals surface area contributed by atoms with Gasteiger partial charge < -0.3 is 14.5 Å².